The Bertz CT molecular complexity index is 72.8. The van der Waals surface area contributed by atoms with Gasteiger partial charge < -0.3 is 15.5 Å². The highest BCUT2D eigenvalue weighted by Gasteiger charge is 2.04. The Labute approximate surface area is 65.8 Å². The molecule has 0 spiro atoms. The summed E-state index contributed by atoms with van der Waals surface area (Å²) in [5.74, 6) is 0.701. The van der Waals surface area contributed by atoms with E-state index in [1.807, 2.05) is 7.05 Å². The van der Waals surface area contributed by atoms with Crippen molar-refractivity contribution in [2.75, 3.05) is 32.6 Å². The molecule has 3 nitrogen and oxygen atoms in total. The second kappa shape index (κ2) is 7.34. The predicted octanol–water partition coefficient (Wildman–Crippen LogP) is -0.708. The Morgan fingerprint density at radius 3 is 2.60 bits per heavy atom. The van der Waals surface area contributed by atoms with Crippen molar-refractivity contribution in [2.45, 2.75) is 5.25 Å². The van der Waals surface area contributed by atoms with Gasteiger partial charge in [0, 0.05) is 17.5 Å². The van der Waals surface area contributed by atoms with Crippen LogP contribution in [-0.4, -0.2) is 48.0 Å². The van der Waals surface area contributed by atoms with E-state index in [1.165, 1.54) is 0 Å². The van der Waals surface area contributed by atoms with Crippen LogP contribution in [0.5, 0.6) is 0 Å². The molecule has 1 atom stereocenters. The minimum absolute atomic E-state index is 0.172. The number of rotatable bonds is 6. The molecular weight excluding hydrogens is 150 g/mol. The van der Waals surface area contributed by atoms with E-state index in [1.54, 1.807) is 11.8 Å². The van der Waals surface area contributed by atoms with Crippen LogP contribution >= 0.6 is 11.8 Å². The van der Waals surface area contributed by atoms with Crippen LogP contribution in [0.15, 0.2) is 0 Å². The molecule has 10 heavy (non-hydrogen) atoms. The lowest BCUT2D eigenvalue weighted by Crippen LogP contribution is -2.24. The van der Waals surface area contributed by atoms with E-state index in [0.717, 1.165) is 6.54 Å². The summed E-state index contributed by atoms with van der Waals surface area (Å²) in [5.41, 5.74) is 0. The first-order chi connectivity index (χ1) is 4.85. The number of aliphatic hydroxyl groups is 2. The summed E-state index contributed by atoms with van der Waals surface area (Å²) in [5, 5.41) is 20.4. The maximum absolute atomic E-state index is 8.74. The van der Waals surface area contributed by atoms with Crippen LogP contribution < -0.4 is 5.32 Å². The standard InChI is InChI=1S/C6H15NO2S/c1-7-4-6(5-9)10-3-2-8/h6-9H,2-5H2,1H3/t6-/m0/s1. The van der Waals surface area contributed by atoms with Gasteiger partial charge in [-0.3, -0.25) is 0 Å². The highest BCUT2D eigenvalue weighted by atomic mass is 32.2. The number of hydrogen-bond acceptors (Lipinski definition) is 4. The largest absolute Gasteiger partial charge is 0.396 e. The fraction of sp³-hybridized carbons (Fsp3) is 1.00. The molecule has 0 aromatic rings. The number of nitrogens with one attached hydrogen (secondary N) is 1. The van der Waals surface area contributed by atoms with E-state index in [0.29, 0.717) is 5.75 Å². The third-order valence-corrected chi connectivity index (χ3v) is 2.29. The average Bonchev–Trinajstić information content (AvgIpc) is 1.98. The summed E-state index contributed by atoms with van der Waals surface area (Å²) in [6, 6.07) is 0. The van der Waals surface area contributed by atoms with Crippen molar-refractivity contribution in [1.29, 1.82) is 0 Å². The topological polar surface area (TPSA) is 52.5 Å². The van der Waals surface area contributed by atoms with E-state index in [4.69, 9.17) is 10.2 Å². The molecule has 0 amide bonds. The molecule has 0 saturated heterocycles. The van der Waals surface area contributed by atoms with Crippen LogP contribution in [0.25, 0.3) is 0 Å². The highest BCUT2D eigenvalue weighted by Crippen LogP contribution is 2.07. The predicted molar refractivity (Wildman–Crippen MR) is 44.3 cm³/mol. The molecule has 0 rings (SSSR count). The van der Waals surface area contributed by atoms with E-state index < -0.39 is 0 Å². The monoisotopic (exact) mass is 165 g/mol. The third-order valence-electron chi connectivity index (χ3n) is 1.08. The molecule has 0 aromatic heterocycles. The Balaban J connectivity index is 3.21. The summed E-state index contributed by atoms with van der Waals surface area (Å²) in [6.45, 7) is 1.15. The molecule has 0 aliphatic rings. The first-order valence-electron chi connectivity index (χ1n) is 3.33. The summed E-state index contributed by atoms with van der Waals surface area (Å²) < 4.78 is 0. The maximum Gasteiger partial charge on any atom is 0.0562 e. The molecule has 0 bridgehead atoms. The molecular formula is C6H15NO2S. The second-order valence-electron chi connectivity index (χ2n) is 1.96. The van der Waals surface area contributed by atoms with Gasteiger partial charge in [0.2, 0.25) is 0 Å². The fourth-order valence-corrected chi connectivity index (χ4v) is 1.45. The molecule has 0 unspecified atom stereocenters. The zero-order valence-electron chi connectivity index (χ0n) is 6.21. The van der Waals surface area contributed by atoms with Gasteiger partial charge in [0.25, 0.3) is 0 Å². The van der Waals surface area contributed by atoms with Gasteiger partial charge in [0.1, 0.15) is 0 Å². The Morgan fingerprint density at radius 2 is 2.20 bits per heavy atom. The third kappa shape index (κ3) is 5.05. The van der Waals surface area contributed by atoms with E-state index in [9.17, 15) is 0 Å². The van der Waals surface area contributed by atoms with Gasteiger partial charge >= 0.3 is 0 Å². The minimum atomic E-state index is 0.172. The maximum atomic E-state index is 8.74. The lowest BCUT2D eigenvalue weighted by atomic mass is 10.4. The van der Waals surface area contributed by atoms with Crippen molar-refractivity contribution in [2.24, 2.45) is 0 Å². The molecule has 0 fully saturated rings. The van der Waals surface area contributed by atoms with Gasteiger partial charge in [-0.05, 0) is 7.05 Å². The number of hydrogen-bond donors (Lipinski definition) is 3. The van der Waals surface area contributed by atoms with Gasteiger partial charge in [0.15, 0.2) is 0 Å². The van der Waals surface area contributed by atoms with Gasteiger partial charge in [-0.15, -0.1) is 0 Å². The molecule has 3 N–H and O–H groups in total. The number of thioether (sulfide) groups is 1. The summed E-state index contributed by atoms with van der Waals surface area (Å²) >= 11 is 1.58. The molecule has 0 aromatic carbocycles. The zero-order chi connectivity index (χ0) is 7.82. The van der Waals surface area contributed by atoms with E-state index >= 15 is 0 Å². The van der Waals surface area contributed by atoms with E-state index in [2.05, 4.69) is 5.32 Å². The van der Waals surface area contributed by atoms with Crippen molar-refractivity contribution >= 4 is 11.8 Å². The molecule has 4 heteroatoms. The summed E-state index contributed by atoms with van der Waals surface area (Å²) in [6.07, 6.45) is 0. The summed E-state index contributed by atoms with van der Waals surface area (Å²) in [4.78, 5) is 0. The zero-order valence-corrected chi connectivity index (χ0v) is 7.02. The van der Waals surface area contributed by atoms with Gasteiger partial charge in [-0.2, -0.15) is 11.8 Å². The van der Waals surface area contributed by atoms with Crippen molar-refractivity contribution < 1.29 is 10.2 Å². The SMILES string of the molecule is CNC[C@@H](CO)SCCO. The smallest absolute Gasteiger partial charge is 0.0562 e. The number of aliphatic hydroxyl groups excluding tert-OH is 2. The van der Waals surface area contributed by atoms with E-state index in [-0.39, 0.29) is 18.5 Å². The van der Waals surface area contributed by atoms with Crippen LogP contribution in [0.4, 0.5) is 0 Å². The normalized spacial score (nSPS) is 13.5. The van der Waals surface area contributed by atoms with Crippen molar-refractivity contribution in [3.63, 3.8) is 0 Å². The van der Waals surface area contributed by atoms with Crippen LogP contribution in [0.1, 0.15) is 0 Å². The van der Waals surface area contributed by atoms with Crippen LogP contribution in [0.2, 0.25) is 0 Å². The van der Waals surface area contributed by atoms with Gasteiger partial charge in [0.05, 0.1) is 13.2 Å². The lowest BCUT2D eigenvalue weighted by Gasteiger charge is -2.11. The Morgan fingerprint density at radius 1 is 1.50 bits per heavy atom. The molecule has 62 valence electrons. The molecule has 0 saturated carbocycles. The van der Waals surface area contributed by atoms with Crippen LogP contribution in [0.3, 0.4) is 0 Å². The van der Waals surface area contributed by atoms with Crippen molar-refractivity contribution in [3.8, 4) is 0 Å². The lowest BCUT2D eigenvalue weighted by molar-refractivity contribution is 0.292. The molecule has 0 aliphatic carbocycles. The first kappa shape index (κ1) is 10.2. The first-order valence-corrected chi connectivity index (χ1v) is 4.38. The van der Waals surface area contributed by atoms with Crippen LogP contribution in [-0.2, 0) is 0 Å². The highest BCUT2D eigenvalue weighted by molar-refractivity contribution is 7.99. The Hall–Kier alpha value is 0.230. The quantitative estimate of drug-likeness (QED) is 0.487. The molecule has 0 radical (unpaired) electrons. The molecule has 0 aliphatic heterocycles. The second-order valence-corrected chi connectivity index (χ2v) is 3.36. The Kier molecular flexibility index (Phi) is 7.51. The van der Waals surface area contributed by atoms with Crippen LogP contribution in [0, 0.1) is 0 Å². The van der Waals surface area contributed by atoms with Crippen molar-refractivity contribution in [3.05, 3.63) is 0 Å². The van der Waals surface area contributed by atoms with Gasteiger partial charge in [-0.1, -0.05) is 0 Å². The fourth-order valence-electron chi connectivity index (χ4n) is 0.623. The summed E-state index contributed by atoms with van der Waals surface area (Å²) in [7, 11) is 1.85. The van der Waals surface area contributed by atoms with Crippen molar-refractivity contribution in [1.82, 2.24) is 5.32 Å². The minimum Gasteiger partial charge on any atom is -0.396 e. The molecule has 0 heterocycles. The average molecular weight is 165 g/mol. The van der Waals surface area contributed by atoms with Gasteiger partial charge in [-0.25, -0.2) is 0 Å².